The van der Waals surface area contributed by atoms with Crippen molar-refractivity contribution in [2.75, 3.05) is 0 Å². The van der Waals surface area contributed by atoms with E-state index in [1.54, 1.807) is 17.9 Å². The van der Waals surface area contributed by atoms with Crippen molar-refractivity contribution in [2.45, 2.75) is 6.54 Å². The van der Waals surface area contributed by atoms with Gasteiger partial charge in [-0.3, -0.25) is 9.48 Å². The molecule has 0 spiro atoms. The second kappa shape index (κ2) is 5.62. The summed E-state index contributed by atoms with van der Waals surface area (Å²) in [4.78, 5) is 11.9. The number of carbonyl (C=O) groups is 1. The summed E-state index contributed by atoms with van der Waals surface area (Å²) in [7, 11) is 1.76. The fourth-order valence-electron chi connectivity index (χ4n) is 1.94. The smallest absolute Gasteiger partial charge is 0.254 e. The van der Waals surface area contributed by atoms with Gasteiger partial charge in [-0.1, -0.05) is 35.5 Å². The first-order valence-corrected chi connectivity index (χ1v) is 6.50. The maximum atomic E-state index is 11.9. The predicted octanol–water partition coefficient (Wildman–Crippen LogP) is 2.01. The fourth-order valence-corrected chi connectivity index (χ4v) is 1.94. The van der Waals surface area contributed by atoms with Crippen LogP contribution in [0, 0.1) is 0 Å². The third-order valence-corrected chi connectivity index (χ3v) is 3.01. The van der Waals surface area contributed by atoms with E-state index in [1.807, 2.05) is 36.4 Å². The Bertz CT molecular complexity index is 746. The molecule has 6 heteroatoms. The standard InChI is InChI=1S/C15H14N4O2/c1-19-10-12(8-17-19)15(20)16-9-13-7-14(21-18-13)11-5-3-2-4-6-11/h2-8,10H,9H2,1H3,(H,16,20). The monoisotopic (exact) mass is 282 g/mol. The molecule has 0 aliphatic heterocycles. The van der Waals surface area contributed by atoms with Crippen molar-refractivity contribution >= 4 is 5.91 Å². The number of carbonyl (C=O) groups excluding carboxylic acids is 1. The summed E-state index contributed by atoms with van der Waals surface area (Å²) in [5.74, 6) is 0.494. The summed E-state index contributed by atoms with van der Waals surface area (Å²) in [6, 6.07) is 11.5. The Morgan fingerprint density at radius 1 is 1.33 bits per heavy atom. The van der Waals surface area contributed by atoms with Gasteiger partial charge in [0.2, 0.25) is 0 Å². The first-order chi connectivity index (χ1) is 10.2. The van der Waals surface area contributed by atoms with Crippen molar-refractivity contribution in [3.05, 3.63) is 60.0 Å². The van der Waals surface area contributed by atoms with Gasteiger partial charge in [0, 0.05) is 24.9 Å². The van der Waals surface area contributed by atoms with Crippen LogP contribution >= 0.6 is 0 Å². The van der Waals surface area contributed by atoms with Crippen molar-refractivity contribution in [3.63, 3.8) is 0 Å². The largest absolute Gasteiger partial charge is 0.356 e. The number of nitrogens with one attached hydrogen (secondary N) is 1. The summed E-state index contributed by atoms with van der Waals surface area (Å²) in [5, 5.41) is 10.7. The van der Waals surface area contributed by atoms with Crippen LogP contribution in [-0.4, -0.2) is 20.8 Å². The van der Waals surface area contributed by atoms with E-state index in [1.165, 1.54) is 6.20 Å². The summed E-state index contributed by atoms with van der Waals surface area (Å²) < 4.78 is 6.86. The van der Waals surface area contributed by atoms with Crippen LogP contribution in [0.2, 0.25) is 0 Å². The minimum Gasteiger partial charge on any atom is -0.356 e. The number of rotatable bonds is 4. The van der Waals surface area contributed by atoms with E-state index in [0.29, 0.717) is 23.6 Å². The van der Waals surface area contributed by atoms with Crippen molar-refractivity contribution < 1.29 is 9.32 Å². The Kier molecular flexibility index (Phi) is 3.51. The zero-order valence-electron chi connectivity index (χ0n) is 11.5. The van der Waals surface area contributed by atoms with Crippen molar-refractivity contribution in [1.82, 2.24) is 20.3 Å². The molecule has 3 rings (SSSR count). The maximum absolute atomic E-state index is 11.9. The van der Waals surface area contributed by atoms with Gasteiger partial charge in [-0.05, 0) is 0 Å². The molecule has 2 aromatic heterocycles. The summed E-state index contributed by atoms with van der Waals surface area (Å²) in [6.07, 6.45) is 3.18. The molecule has 0 saturated heterocycles. The number of hydrogen-bond donors (Lipinski definition) is 1. The molecular weight excluding hydrogens is 268 g/mol. The van der Waals surface area contributed by atoms with Gasteiger partial charge >= 0.3 is 0 Å². The molecule has 0 unspecified atom stereocenters. The first-order valence-electron chi connectivity index (χ1n) is 6.50. The van der Waals surface area contributed by atoms with Gasteiger partial charge in [-0.15, -0.1) is 0 Å². The van der Waals surface area contributed by atoms with E-state index in [2.05, 4.69) is 15.6 Å². The molecule has 106 valence electrons. The van der Waals surface area contributed by atoms with Gasteiger partial charge in [0.15, 0.2) is 5.76 Å². The lowest BCUT2D eigenvalue weighted by Crippen LogP contribution is -2.22. The average Bonchev–Trinajstić information content (AvgIpc) is 3.15. The summed E-state index contributed by atoms with van der Waals surface area (Å²) >= 11 is 0. The molecule has 0 aliphatic carbocycles. The van der Waals surface area contributed by atoms with Crippen LogP contribution in [0.15, 0.2) is 53.3 Å². The minimum absolute atomic E-state index is 0.188. The third-order valence-electron chi connectivity index (χ3n) is 3.01. The summed E-state index contributed by atoms with van der Waals surface area (Å²) in [5.41, 5.74) is 2.14. The van der Waals surface area contributed by atoms with Crippen LogP contribution in [0.1, 0.15) is 16.1 Å². The molecule has 0 atom stereocenters. The molecule has 1 N–H and O–H groups in total. The highest BCUT2D eigenvalue weighted by molar-refractivity contribution is 5.93. The van der Waals surface area contributed by atoms with Crippen LogP contribution in [0.3, 0.4) is 0 Å². The lowest BCUT2D eigenvalue weighted by atomic mass is 10.1. The highest BCUT2D eigenvalue weighted by Crippen LogP contribution is 2.19. The summed E-state index contributed by atoms with van der Waals surface area (Å²) in [6.45, 7) is 0.310. The van der Waals surface area contributed by atoms with Crippen LogP contribution in [0.25, 0.3) is 11.3 Å². The van der Waals surface area contributed by atoms with Gasteiger partial charge in [-0.25, -0.2) is 0 Å². The van der Waals surface area contributed by atoms with Crippen molar-refractivity contribution in [2.24, 2.45) is 7.05 Å². The van der Waals surface area contributed by atoms with Gasteiger partial charge in [0.05, 0.1) is 18.3 Å². The second-order valence-corrected chi connectivity index (χ2v) is 4.63. The Morgan fingerprint density at radius 3 is 2.86 bits per heavy atom. The number of hydrogen-bond acceptors (Lipinski definition) is 4. The molecule has 6 nitrogen and oxygen atoms in total. The molecule has 0 fully saturated rings. The van der Waals surface area contributed by atoms with Crippen LogP contribution in [0.4, 0.5) is 0 Å². The molecule has 3 aromatic rings. The third kappa shape index (κ3) is 3.00. The van der Waals surface area contributed by atoms with E-state index in [4.69, 9.17) is 4.52 Å². The molecule has 1 aromatic carbocycles. The highest BCUT2D eigenvalue weighted by Gasteiger charge is 2.10. The van der Waals surface area contributed by atoms with Crippen molar-refractivity contribution in [1.29, 1.82) is 0 Å². The van der Waals surface area contributed by atoms with E-state index in [-0.39, 0.29) is 5.91 Å². The number of aryl methyl sites for hydroxylation is 1. The molecule has 0 radical (unpaired) electrons. The van der Waals surface area contributed by atoms with Gasteiger partial charge < -0.3 is 9.84 Å². The molecule has 1 amide bonds. The molecule has 21 heavy (non-hydrogen) atoms. The topological polar surface area (TPSA) is 73.0 Å². The van der Waals surface area contributed by atoms with E-state index in [0.717, 1.165) is 5.56 Å². The Morgan fingerprint density at radius 2 is 2.14 bits per heavy atom. The number of aromatic nitrogens is 3. The zero-order chi connectivity index (χ0) is 14.7. The van der Waals surface area contributed by atoms with E-state index in [9.17, 15) is 4.79 Å². The van der Waals surface area contributed by atoms with Gasteiger partial charge in [0.1, 0.15) is 5.69 Å². The van der Waals surface area contributed by atoms with E-state index < -0.39 is 0 Å². The molecule has 0 bridgehead atoms. The molecule has 0 saturated carbocycles. The molecule has 0 aliphatic rings. The number of nitrogens with zero attached hydrogens (tertiary/aromatic N) is 3. The predicted molar refractivity (Wildman–Crippen MR) is 76.3 cm³/mol. The lowest BCUT2D eigenvalue weighted by Gasteiger charge is -1.99. The fraction of sp³-hybridized carbons (Fsp3) is 0.133. The molecule has 2 heterocycles. The number of benzene rings is 1. The number of amides is 1. The highest BCUT2D eigenvalue weighted by atomic mass is 16.5. The van der Waals surface area contributed by atoms with Crippen LogP contribution < -0.4 is 5.32 Å². The molecular formula is C15H14N4O2. The zero-order valence-corrected chi connectivity index (χ0v) is 11.5. The van der Waals surface area contributed by atoms with Crippen LogP contribution in [-0.2, 0) is 13.6 Å². The van der Waals surface area contributed by atoms with E-state index >= 15 is 0 Å². The Labute approximate surface area is 121 Å². The Hall–Kier alpha value is -2.89. The second-order valence-electron chi connectivity index (χ2n) is 4.63. The normalized spacial score (nSPS) is 10.5. The maximum Gasteiger partial charge on any atom is 0.254 e. The quantitative estimate of drug-likeness (QED) is 0.794. The Balaban J connectivity index is 1.64. The SMILES string of the molecule is Cn1cc(C(=O)NCc2cc(-c3ccccc3)on2)cn1. The van der Waals surface area contributed by atoms with Crippen LogP contribution in [0.5, 0.6) is 0 Å². The van der Waals surface area contributed by atoms with Gasteiger partial charge in [-0.2, -0.15) is 5.10 Å². The minimum atomic E-state index is -0.188. The van der Waals surface area contributed by atoms with Gasteiger partial charge in [0.25, 0.3) is 5.91 Å². The lowest BCUT2D eigenvalue weighted by molar-refractivity contribution is 0.0950. The average molecular weight is 282 g/mol. The first kappa shape index (κ1) is 13.1. The van der Waals surface area contributed by atoms with Crippen molar-refractivity contribution in [3.8, 4) is 11.3 Å².